The van der Waals surface area contributed by atoms with Crippen LogP contribution in [0.3, 0.4) is 0 Å². The number of fused-ring (bicyclic) bond motifs is 6. The summed E-state index contributed by atoms with van der Waals surface area (Å²) >= 11 is 0. The maximum Gasteiger partial charge on any atom is 0.159 e. The fourth-order valence-corrected chi connectivity index (χ4v) is 7.50. The topological polar surface area (TPSA) is 54.8 Å². The lowest BCUT2D eigenvalue weighted by atomic mass is 9.96. The lowest BCUT2D eigenvalue weighted by Gasteiger charge is -2.23. The first-order valence-corrected chi connectivity index (χ1v) is 17.2. The molecule has 0 fully saturated rings. The van der Waals surface area contributed by atoms with Crippen molar-refractivity contribution in [1.82, 2.24) is 9.88 Å². The van der Waals surface area contributed by atoms with E-state index in [9.17, 15) is 0 Å². The van der Waals surface area contributed by atoms with Crippen molar-refractivity contribution in [3.05, 3.63) is 180 Å². The van der Waals surface area contributed by atoms with E-state index in [1.54, 1.807) is 0 Å². The van der Waals surface area contributed by atoms with Gasteiger partial charge in [0.25, 0.3) is 0 Å². The fraction of sp³-hybridized carbons (Fsp3) is 0.0667. The van der Waals surface area contributed by atoms with Gasteiger partial charge in [-0.15, -0.1) is 0 Å². The van der Waals surface area contributed by atoms with E-state index in [4.69, 9.17) is 14.4 Å². The molecule has 0 amide bonds. The van der Waals surface area contributed by atoms with Gasteiger partial charge in [-0.3, -0.25) is 0 Å². The molecule has 5 nitrogen and oxygen atoms in total. The first-order valence-electron chi connectivity index (χ1n) is 17.2. The third-order valence-electron chi connectivity index (χ3n) is 9.94. The van der Waals surface area contributed by atoms with Gasteiger partial charge in [0.1, 0.15) is 17.6 Å². The first-order chi connectivity index (χ1) is 24.8. The van der Waals surface area contributed by atoms with Gasteiger partial charge in [0.2, 0.25) is 0 Å². The van der Waals surface area contributed by atoms with E-state index in [0.717, 1.165) is 74.0 Å². The van der Waals surface area contributed by atoms with Crippen LogP contribution in [0.15, 0.2) is 172 Å². The van der Waals surface area contributed by atoms with Crippen LogP contribution in [0.2, 0.25) is 0 Å². The number of aromatic nitrogens is 1. The van der Waals surface area contributed by atoms with Crippen molar-refractivity contribution in [3.63, 3.8) is 0 Å². The molecule has 1 N–H and O–H groups in total. The summed E-state index contributed by atoms with van der Waals surface area (Å²) in [7, 11) is 0. The van der Waals surface area contributed by atoms with Crippen LogP contribution in [0.5, 0.6) is 0 Å². The maximum absolute atomic E-state index is 6.82. The Balaban J connectivity index is 1.13. The summed E-state index contributed by atoms with van der Waals surface area (Å²) < 4.78 is 9.18. The van der Waals surface area contributed by atoms with Crippen molar-refractivity contribution in [1.29, 1.82) is 0 Å². The van der Waals surface area contributed by atoms with Crippen molar-refractivity contribution in [2.75, 3.05) is 0 Å². The quantitative estimate of drug-likeness (QED) is 0.203. The molecule has 0 radical (unpaired) electrons. The van der Waals surface area contributed by atoms with Gasteiger partial charge in [-0.05, 0) is 65.9 Å². The molecule has 0 saturated carbocycles. The molecule has 0 saturated heterocycles. The molecular formula is C45H32N4O. The minimum Gasteiger partial charge on any atom is -0.454 e. The Kier molecular flexibility index (Phi) is 6.62. The number of nitrogens with zero attached hydrogens (tertiary/aromatic N) is 3. The summed E-state index contributed by atoms with van der Waals surface area (Å²) in [5, 5.41) is 8.16. The molecular weight excluding hydrogens is 613 g/mol. The van der Waals surface area contributed by atoms with Gasteiger partial charge in [0.05, 0.1) is 16.7 Å². The Hall–Kier alpha value is -6.46. The number of allylic oxidation sites excluding steroid dienone is 4. The van der Waals surface area contributed by atoms with Gasteiger partial charge in [-0.1, -0.05) is 121 Å². The Morgan fingerprint density at radius 1 is 0.640 bits per heavy atom. The molecule has 3 heterocycles. The van der Waals surface area contributed by atoms with Crippen molar-refractivity contribution in [2.45, 2.75) is 19.0 Å². The summed E-state index contributed by atoms with van der Waals surface area (Å²) in [6.45, 7) is 0. The molecule has 2 aromatic heterocycles. The number of rotatable bonds is 5. The van der Waals surface area contributed by atoms with Crippen LogP contribution >= 0.6 is 0 Å². The van der Waals surface area contributed by atoms with Gasteiger partial charge >= 0.3 is 0 Å². The van der Waals surface area contributed by atoms with E-state index in [2.05, 4.69) is 131 Å². The van der Waals surface area contributed by atoms with E-state index >= 15 is 0 Å². The molecule has 1 aliphatic heterocycles. The zero-order valence-electron chi connectivity index (χ0n) is 27.3. The highest BCUT2D eigenvalue weighted by Crippen LogP contribution is 2.39. The second kappa shape index (κ2) is 11.6. The average Bonchev–Trinajstić information content (AvgIpc) is 3.74. The Morgan fingerprint density at radius 3 is 2.28 bits per heavy atom. The predicted octanol–water partition coefficient (Wildman–Crippen LogP) is 10.9. The standard InChI is InChI=1S/C45H32N4O/c1-4-13-29(14-5-1)32-24-26-39-37(27-32)34-19-10-11-21-38(34)49(39)40-22-12-20-36-35-25-23-33(28-41(35)50-42(36)40)45-47-43(30-15-6-2-7-16-30)46-44(48-45)31-17-8-3-9-18-31/h1-4,6-13,15-28,43H,5,14H2,(H,46,47,48). The lowest BCUT2D eigenvalue weighted by Crippen LogP contribution is -2.33. The van der Waals surface area contributed by atoms with Gasteiger partial charge in [0.15, 0.2) is 11.4 Å². The van der Waals surface area contributed by atoms with Crippen LogP contribution < -0.4 is 5.32 Å². The monoisotopic (exact) mass is 644 g/mol. The molecule has 1 aliphatic carbocycles. The van der Waals surface area contributed by atoms with E-state index in [-0.39, 0.29) is 6.17 Å². The fourth-order valence-electron chi connectivity index (χ4n) is 7.50. The van der Waals surface area contributed by atoms with E-state index < -0.39 is 0 Å². The van der Waals surface area contributed by atoms with E-state index in [0.29, 0.717) is 5.84 Å². The Labute approximate surface area is 289 Å². The summed E-state index contributed by atoms with van der Waals surface area (Å²) in [5.41, 5.74) is 10.7. The van der Waals surface area contributed by atoms with Crippen LogP contribution in [-0.4, -0.2) is 16.2 Å². The second-order valence-corrected chi connectivity index (χ2v) is 12.9. The molecule has 5 heteroatoms. The molecule has 50 heavy (non-hydrogen) atoms. The number of amidine groups is 2. The highest BCUT2D eigenvalue weighted by atomic mass is 16.3. The van der Waals surface area contributed by atoms with Crippen LogP contribution in [0.1, 0.15) is 41.3 Å². The van der Waals surface area contributed by atoms with Crippen LogP contribution in [0.25, 0.3) is 55.0 Å². The second-order valence-electron chi connectivity index (χ2n) is 12.9. The first kappa shape index (κ1) is 28.5. The molecule has 0 spiro atoms. The smallest absolute Gasteiger partial charge is 0.159 e. The van der Waals surface area contributed by atoms with Crippen LogP contribution in [0, 0.1) is 0 Å². The van der Waals surface area contributed by atoms with E-state index in [1.165, 1.54) is 21.9 Å². The third-order valence-corrected chi connectivity index (χ3v) is 9.94. The summed E-state index contributed by atoms with van der Waals surface area (Å²) in [6.07, 6.45) is 8.54. The number of aliphatic imine (C=N–C) groups is 2. The molecule has 10 rings (SSSR count). The molecule has 0 bridgehead atoms. The zero-order valence-corrected chi connectivity index (χ0v) is 27.3. The van der Waals surface area contributed by atoms with Crippen molar-refractivity contribution in [3.8, 4) is 5.69 Å². The average molecular weight is 645 g/mol. The number of nitrogens with one attached hydrogen (secondary N) is 1. The zero-order chi connectivity index (χ0) is 33.0. The van der Waals surface area contributed by atoms with Crippen LogP contribution in [-0.2, 0) is 0 Å². The SMILES string of the molecule is C1=CCCC(c2ccc3c(c2)c2ccccc2n3-c2cccc3c2oc2cc(C4=NC(c5ccccc5)NC(c5ccccc5)=N4)ccc23)=C1. The van der Waals surface area contributed by atoms with Crippen molar-refractivity contribution < 1.29 is 4.42 Å². The van der Waals surface area contributed by atoms with Crippen molar-refractivity contribution in [2.24, 2.45) is 9.98 Å². The number of hydrogen-bond acceptors (Lipinski definition) is 4. The number of furan rings is 1. The molecule has 6 aromatic carbocycles. The lowest BCUT2D eigenvalue weighted by molar-refractivity contribution is 0.665. The largest absolute Gasteiger partial charge is 0.454 e. The van der Waals surface area contributed by atoms with Gasteiger partial charge in [0, 0.05) is 32.7 Å². The molecule has 1 unspecified atom stereocenters. The minimum atomic E-state index is -0.265. The van der Waals surface area contributed by atoms with E-state index in [1.807, 2.05) is 36.4 Å². The maximum atomic E-state index is 6.82. The Morgan fingerprint density at radius 2 is 1.42 bits per heavy atom. The minimum absolute atomic E-state index is 0.265. The molecule has 1 atom stereocenters. The summed E-state index contributed by atoms with van der Waals surface area (Å²) in [4.78, 5) is 10.1. The molecule has 238 valence electrons. The third kappa shape index (κ3) is 4.70. The number of para-hydroxylation sites is 2. The highest BCUT2D eigenvalue weighted by molar-refractivity contribution is 6.16. The number of hydrogen-bond donors (Lipinski definition) is 1. The predicted molar refractivity (Wildman–Crippen MR) is 206 cm³/mol. The number of benzene rings is 6. The van der Waals surface area contributed by atoms with Crippen LogP contribution in [0.4, 0.5) is 0 Å². The van der Waals surface area contributed by atoms with Gasteiger partial charge < -0.3 is 14.3 Å². The summed E-state index contributed by atoms with van der Waals surface area (Å²) in [5.74, 6) is 1.46. The molecule has 8 aromatic rings. The Bertz CT molecular complexity index is 2730. The normalized spacial score (nSPS) is 16.1. The van der Waals surface area contributed by atoms with Gasteiger partial charge in [-0.25, -0.2) is 9.98 Å². The molecule has 2 aliphatic rings. The summed E-state index contributed by atoms with van der Waals surface area (Å²) in [6, 6.07) is 48.9. The van der Waals surface area contributed by atoms with Crippen molar-refractivity contribution >= 4 is 61.0 Å². The van der Waals surface area contributed by atoms with Gasteiger partial charge in [-0.2, -0.15) is 0 Å². The highest BCUT2D eigenvalue weighted by Gasteiger charge is 2.23.